The van der Waals surface area contributed by atoms with E-state index in [0.29, 0.717) is 0 Å². The zero-order valence-electron chi connectivity index (χ0n) is 66.4. The standard InChI is InChI=1S/3C39H23NO/c1-3-12-26-24(10-1)29(34-17-9-18-35-31-15-7-8-19-37(31)41-39(34)35)20-21-30(26)36-23-22-33-28-14-4-2-11-25(28)27-13-5-6-16-32(27)38(33)40-36;1-2-12-28-24(10-1)27-11-3-4-14-32(27)38-33(28)22-23-36(40-38)30-18-8-15-25-26(30)16-7-17-29(25)34-19-9-20-35-31-13-5-6-21-37(31)41-39(34)35;1-2-10-31-29(8-1)30-9-3-4-12-33(30)38-34(31)20-21-36(40-38)26-19-17-24-16-18-25(22-27(24)23-26)28-13-7-14-35-32-11-5-6-15-37(32)41-39(28)35/h3*1-23H. The van der Waals surface area contributed by atoms with Gasteiger partial charge in [0.15, 0.2) is 0 Å². The third-order valence-corrected chi connectivity index (χ3v) is 25.4. The molecule has 0 atom stereocenters. The van der Waals surface area contributed by atoms with Crippen molar-refractivity contribution in [2.45, 2.75) is 0 Å². The van der Waals surface area contributed by atoms with Gasteiger partial charge >= 0.3 is 0 Å². The molecule has 6 aromatic heterocycles. The predicted molar refractivity (Wildman–Crippen MR) is 517 cm³/mol. The summed E-state index contributed by atoms with van der Waals surface area (Å²) in [4.78, 5) is 15.9. The van der Waals surface area contributed by atoms with Crippen molar-refractivity contribution >= 4 is 195 Å². The molecule has 123 heavy (non-hydrogen) atoms. The molecule has 0 amide bonds. The van der Waals surface area contributed by atoms with E-state index < -0.39 is 0 Å². The van der Waals surface area contributed by atoms with Crippen molar-refractivity contribution in [3.8, 4) is 67.2 Å². The molecule has 0 aliphatic rings. The summed E-state index contributed by atoms with van der Waals surface area (Å²) in [6.45, 7) is 0. The smallest absolute Gasteiger partial charge is 0.143 e. The highest BCUT2D eigenvalue weighted by Gasteiger charge is 2.22. The zero-order valence-corrected chi connectivity index (χ0v) is 66.4. The van der Waals surface area contributed by atoms with Crippen molar-refractivity contribution in [1.82, 2.24) is 15.0 Å². The highest BCUT2D eigenvalue weighted by atomic mass is 16.3. The Bertz CT molecular complexity index is 8710. The Balaban J connectivity index is 0.000000101. The molecule has 570 valence electrons. The number of furan rings is 3. The van der Waals surface area contributed by atoms with E-state index in [9.17, 15) is 0 Å². The SMILES string of the molecule is c1ccc2c(c1)oc1c(-c3ccc(-c4ccc5c6ccccc6c6ccccc6c5n4)c4ccccc34)cccc12.c1ccc2c(c1)oc1c(-c3ccc4ccc(-c5ccc6c7ccccc7c7ccccc7c6n5)cc4c3)cccc12.c1ccc2c(c1)oc1c(-c3cccc4c(-c5ccc6c7ccccc7c7ccccc7c6n5)cccc34)cccc12. The van der Waals surface area contributed by atoms with Crippen LogP contribution in [0.2, 0.25) is 0 Å². The highest BCUT2D eigenvalue weighted by Crippen LogP contribution is 2.47. The third-order valence-electron chi connectivity index (χ3n) is 25.4. The maximum absolute atomic E-state index is 6.41. The normalized spacial score (nSPS) is 11.9. The average molecular weight is 1560 g/mol. The number of benzene rings is 21. The van der Waals surface area contributed by atoms with Gasteiger partial charge in [-0.25, -0.2) is 15.0 Å². The summed E-state index contributed by atoms with van der Waals surface area (Å²) in [5.41, 5.74) is 21.7. The number of hydrogen-bond donors (Lipinski definition) is 0. The van der Waals surface area contributed by atoms with E-state index >= 15 is 0 Å². The molecule has 27 rings (SSSR count). The van der Waals surface area contributed by atoms with Crippen molar-refractivity contribution < 1.29 is 13.3 Å². The Morgan fingerprint density at radius 3 is 0.805 bits per heavy atom. The second-order valence-electron chi connectivity index (χ2n) is 32.1. The van der Waals surface area contributed by atoms with E-state index in [0.717, 1.165) is 150 Å². The number of nitrogens with zero attached hydrogens (tertiary/aromatic N) is 3. The maximum Gasteiger partial charge on any atom is 0.143 e. The summed E-state index contributed by atoms with van der Waals surface area (Å²) in [6.07, 6.45) is 0. The molecule has 27 aromatic rings. The van der Waals surface area contributed by atoms with Gasteiger partial charge in [-0.05, 0) is 164 Å². The molecule has 0 radical (unpaired) electrons. The summed E-state index contributed by atoms with van der Waals surface area (Å²) in [7, 11) is 0. The van der Waals surface area contributed by atoms with E-state index in [4.69, 9.17) is 28.2 Å². The minimum atomic E-state index is 0.913. The van der Waals surface area contributed by atoms with Gasteiger partial charge in [-0.2, -0.15) is 0 Å². The van der Waals surface area contributed by atoms with Crippen LogP contribution in [0, 0.1) is 0 Å². The van der Waals surface area contributed by atoms with Crippen LogP contribution >= 0.6 is 0 Å². The van der Waals surface area contributed by atoms with Gasteiger partial charge in [0.05, 0.1) is 33.6 Å². The van der Waals surface area contributed by atoms with Crippen LogP contribution in [-0.4, -0.2) is 15.0 Å². The second-order valence-corrected chi connectivity index (χ2v) is 32.1. The lowest BCUT2D eigenvalue weighted by Gasteiger charge is -2.14. The first kappa shape index (κ1) is 69.7. The second kappa shape index (κ2) is 28.1. The van der Waals surface area contributed by atoms with Crippen molar-refractivity contribution in [1.29, 1.82) is 0 Å². The molecule has 0 N–H and O–H groups in total. The van der Waals surface area contributed by atoms with Crippen LogP contribution in [0.3, 0.4) is 0 Å². The topological polar surface area (TPSA) is 78.1 Å². The maximum atomic E-state index is 6.41. The molecule has 0 saturated carbocycles. The monoisotopic (exact) mass is 1560 g/mol. The number of pyridine rings is 3. The van der Waals surface area contributed by atoms with Crippen molar-refractivity contribution in [2.24, 2.45) is 0 Å². The zero-order chi connectivity index (χ0) is 80.7. The summed E-state index contributed by atoms with van der Waals surface area (Å²) in [5, 5.41) is 32.3. The van der Waals surface area contributed by atoms with Gasteiger partial charge in [0, 0.05) is 98.0 Å². The Morgan fingerprint density at radius 2 is 0.390 bits per heavy atom. The molecule has 21 aromatic carbocycles. The lowest BCUT2D eigenvalue weighted by molar-refractivity contribution is 0.669. The first-order valence-corrected chi connectivity index (χ1v) is 41.9. The fraction of sp³-hybridized carbons (Fsp3) is 0. The first-order chi connectivity index (χ1) is 61.0. The summed E-state index contributed by atoms with van der Waals surface area (Å²) in [5.74, 6) is 0. The van der Waals surface area contributed by atoms with E-state index in [1.807, 2.05) is 36.4 Å². The molecular weight excluding hydrogens is 1500 g/mol. The van der Waals surface area contributed by atoms with E-state index in [2.05, 4.69) is 382 Å². The number of para-hydroxylation sites is 6. The predicted octanol–water partition coefficient (Wildman–Crippen LogP) is 32.8. The molecular formula is C117H69N3O3. The quantitative estimate of drug-likeness (QED) is 0.154. The minimum Gasteiger partial charge on any atom is -0.455 e. The average Bonchev–Trinajstić information content (AvgIpc) is 1.30. The number of hydrogen-bond acceptors (Lipinski definition) is 6. The summed E-state index contributed by atoms with van der Waals surface area (Å²) in [6, 6.07) is 148. The molecule has 6 nitrogen and oxygen atoms in total. The lowest BCUT2D eigenvalue weighted by atomic mass is 9.92. The van der Waals surface area contributed by atoms with Crippen LogP contribution in [-0.2, 0) is 0 Å². The van der Waals surface area contributed by atoms with E-state index in [-0.39, 0.29) is 0 Å². The molecule has 0 bridgehead atoms. The molecule has 6 heteroatoms. The van der Waals surface area contributed by atoms with Gasteiger partial charge < -0.3 is 13.3 Å². The van der Waals surface area contributed by atoms with Crippen LogP contribution < -0.4 is 0 Å². The fourth-order valence-corrected chi connectivity index (χ4v) is 19.7. The number of aromatic nitrogens is 3. The highest BCUT2D eigenvalue weighted by molar-refractivity contribution is 6.28. The van der Waals surface area contributed by atoms with Crippen LogP contribution in [0.4, 0.5) is 0 Å². The largest absolute Gasteiger partial charge is 0.455 e. The molecule has 0 aliphatic carbocycles. The van der Waals surface area contributed by atoms with E-state index in [1.54, 1.807) is 0 Å². The molecule has 0 unspecified atom stereocenters. The molecule has 6 heterocycles. The van der Waals surface area contributed by atoms with Crippen LogP contribution in [0.25, 0.3) is 263 Å². The Hall–Kier alpha value is -16.4. The molecule has 0 fully saturated rings. The van der Waals surface area contributed by atoms with Crippen LogP contribution in [0.15, 0.2) is 432 Å². The third kappa shape index (κ3) is 11.2. The van der Waals surface area contributed by atoms with Crippen molar-refractivity contribution in [2.75, 3.05) is 0 Å². The van der Waals surface area contributed by atoms with E-state index in [1.165, 1.54) is 113 Å². The lowest BCUT2D eigenvalue weighted by Crippen LogP contribution is -1.91. The minimum absolute atomic E-state index is 0.913. The van der Waals surface area contributed by atoms with Gasteiger partial charge in [-0.1, -0.05) is 352 Å². The molecule has 0 saturated heterocycles. The first-order valence-electron chi connectivity index (χ1n) is 41.9. The van der Waals surface area contributed by atoms with Gasteiger partial charge in [0.1, 0.15) is 33.5 Å². The van der Waals surface area contributed by atoms with Gasteiger partial charge in [-0.3, -0.25) is 0 Å². The Morgan fingerprint density at radius 1 is 0.138 bits per heavy atom. The summed E-state index contributed by atoms with van der Waals surface area (Å²) >= 11 is 0. The Labute approximate surface area is 704 Å². The van der Waals surface area contributed by atoms with Crippen molar-refractivity contribution in [3.05, 3.63) is 419 Å². The number of rotatable bonds is 6. The molecule has 0 spiro atoms. The van der Waals surface area contributed by atoms with Crippen molar-refractivity contribution in [3.63, 3.8) is 0 Å². The van der Waals surface area contributed by atoms with Crippen LogP contribution in [0.1, 0.15) is 0 Å². The molecule has 0 aliphatic heterocycles. The Kier molecular flexibility index (Phi) is 15.9. The van der Waals surface area contributed by atoms with Gasteiger partial charge in [0.2, 0.25) is 0 Å². The van der Waals surface area contributed by atoms with Crippen LogP contribution in [0.5, 0.6) is 0 Å². The van der Waals surface area contributed by atoms with Gasteiger partial charge in [-0.15, -0.1) is 0 Å². The number of fused-ring (bicyclic) bond motifs is 30. The fourth-order valence-electron chi connectivity index (χ4n) is 19.7. The summed E-state index contributed by atoms with van der Waals surface area (Å²) < 4.78 is 19.2. The van der Waals surface area contributed by atoms with Gasteiger partial charge in [0.25, 0.3) is 0 Å².